The van der Waals surface area contributed by atoms with Crippen LogP contribution < -0.4 is 5.73 Å². The largest absolute Gasteiger partial charge is 0.508 e. The Morgan fingerprint density at radius 3 is 2.81 bits per heavy atom. The predicted octanol–water partition coefficient (Wildman–Crippen LogP) is 4.09. The molecular formula is C17H18N2OS. The van der Waals surface area contributed by atoms with Gasteiger partial charge in [-0.05, 0) is 41.6 Å². The summed E-state index contributed by atoms with van der Waals surface area (Å²) in [5, 5.41) is 10.8. The zero-order valence-electron chi connectivity index (χ0n) is 11.9. The van der Waals surface area contributed by atoms with E-state index >= 15 is 0 Å². The van der Waals surface area contributed by atoms with Crippen molar-refractivity contribution in [1.29, 1.82) is 0 Å². The molecule has 3 N–H and O–H groups in total. The van der Waals surface area contributed by atoms with Crippen LogP contribution in [0.2, 0.25) is 0 Å². The van der Waals surface area contributed by atoms with Crippen LogP contribution in [-0.4, -0.2) is 15.4 Å². The van der Waals surface area contributed by atoms with Crippen molar-refractivity contribution in [3.63, 3.8) is 0 Å². The second-order valence-electron chi connectivity index (χ2n) is 5.00. The Morgan fingerprint density at radius 1 is 1.19 bits per heavy atom. The number of hydrogen-bond acceptors (Lipinski definition) is 3. The van der Waals surface area contributed by atoms with E-state index in [1.54, 1.807) is 12.1 Å². The molecule has 0 saturated carbocycles. The lowest BCUT2D eigenvalue weighted by atomic mass is 10.2. The van der Waals surface area contributed by atoms with Crippen LogP contribution in [0.4, 0.5) is 5.69 Å². The summed E-state index contributed by atoms with van der Waals surface area (Å²) in [5.41, 5.74) is 9.02. The summed E-state index contributed by atoms with van der Waals surface area (Å²) in [6, 6.07) is 13.5. The normalized spacial score (nSPS) is 11.1. The Bertz CT molecular complexity index is 780. The van der Waals surface area contributed by atoms with Crippen molar-refractivity contribution in [2.24, 2.45) is 0 Å². The first-order chi connectivity index (χ1) is 10.2. The van der Waals surface area contributed by atoms with Crippen molar-refractivity contribution in [3.8, 4) is 5.75 Å². The molecule has 0 saturated heterocycles. The van der Waals surface area contributed by atoms with Gasteiger partial charge in [-0.1, -0.05) is 19.1 Å². The fraction of sp³-hybridized carbons (Fsp3) is 0.176. The number of anilines is 1. The van der Waals surface area contributed by atoms with Crippen molar-refractivity contribution in [2.75, 3.05) is 11.5 Å². The average Bonchev–Trinajstić information content (AvgIpc) is 2.82. The molecule has 0 bridgehead atoms. The molecule has 4 heteroatoms. The van der Waals surface area contributed by atoms with E-state index in [0.29, 0.717) is 5.75 Å². The van der Waals surface area contributed by atoms with E-state index in [1.807, 2.05) is 36.0 Å². The molecule has 3 aromatic rings. The van der Waals surface area contributed by atoms with Gasteiger partial charge in [0, 0.05) is 28.7 Å². The first-order valence-electron chi connectivity index (χ1n) is 6.96. The van der Waals surface area contributed by atoms with Gasteiger partial charge < -0.3 is 15.4 Å². The molecule has 0 atom stereocenters. The summed E-state index contributed by atoms with van der Waals surface area (Å²) in [5.74, 6) is 1.32. The zero-order chi connectivity index (χ0) is 14.8. The maximum Gasteiger partial charge on any atom is 0.115 e. The number of phenols is 1. The SMILES string of the molecule is CCSc1cc(N)cc2c1ccn2Cc1cccc(O)c1. The summed E-state index contributed by atoms with van der Waals surface area (Å²) in [6.07, 6.45) is 2.08. The lowest BCUT2D eigenvalue weighted by molar-refractivity contribution is 0.474. The van der Waals surface area contributed by atoms with Gasteiger partial charge in [0.25, 0.3) is 0 Å². The summed E-state index contributed by atoms with van der Waals surface area (Å²) in [6.45, 7) is 2.86. The lowest BCUT2D eigenvalue weighted by Gasteiger charge is -2.09. The number of aromatic nitrogens is 1. The van der Waals surface area contributed by atoms with Crippen molar-refractivity contribution in [3.05, 3.63) is 54.2 Å². The van der Waals surface area contributed by atoms with Crippen molar-refractivity contribution in [2.45, 2.75) is 18.4 Å². The maximum absolute atomic E-state index is 9.58. The third-order valence-corrected chi connectivity index (χ3v) is 4.37. The van der Waals surface area contributed by atoms with Gasteiger partial charge in [-0.15, -0.1) is 11.8 Å². The highest BCUT2D eigenvalue weighted by molar-refractivity contribution is 7.99. The molecule has 0 aliphatic carbocycles. The van der Waals surface area contributed by atoms with Crippen LogP contribution in [0.3, 0.4) is 0 Å². The van der Waals surface area contributed by atoms with Gasteiger partial charge in [-0.3, -0.25) is 0 Å². The number of nitrogens with zero attached hydrogens (tertiary/aromatic N) is 1. The van der Waals surface area contributed by atoms with E-state index in [-0.39, 0.29) is 0 Å². The molecule has 1 heterocycles. The van der Waals surface area contributed by atoms with Crippen molar-refractivity contribution < 1.29 is 5.11 Å². The highest BCUT2D eigenvalue weighted by atomic mass is 32.2. The molecule has 0 fully saturated rings. The van der Waals surface area contributed by atoms with Crippen LogP contribution in [0, 0.1) is 0 Å². The van der Waals surface area contributed by atoms with E-state index in [2.05, 4.69) is 23.8 Å². The molecule has 0 aliphatic rings. The number of nitrogen functional groups attached to an aromatic ring is 1. The molecule has 3 rings (SSSR count). The molecule has 0 unspecified atom stereocenters. The topological polar surface area (TPSA) is 51.2 Å². The van der Waals surface area contributed by atoms with Crippen molar-refractivity contribution in [1.82, 2.24) is 4.57 Å². The minimum atomic E-state index is 0.297. The number of nitrogens with two attached hydrogens (primary N) is 1. The van der Waals surface area contributed by atoms with E-state index in [4.69, 9.17) is 5.73 Å². The molecule has 0 aliphatic heterocycles. The van der Waals surface area contributed by atoms with E-state index in [0.717, 1.165) is 29.1 Å². The molecule has 21 heavy (non-hydrogen) atoms. The third kappa shape index (κ3) is 2.85. The molecule has 3 nitrogen and oxygen atoms in total. The van der Waals surface area contributed by atoms with Crippen LogP contribution in [-0.2, 0) is 6.54 Å². The minimum absolute atomic E-state index is 0.297. The van der Waals surface area contributed by atoms with Gasteiger partial charge in [0.05, 0.1) is 5.52 Å². The first kappa shape index (κ1) is 13.9. The number of phenolic OH excluding ortho intramolecular Hbond substituents is 1. The Hall–Kier alpha value is -2.07. The molecule has 2 aromatic carbocycles. The molecule has 108 valence electrons. The van der Waals surface area contributed by atoms with Crippen LogP contribution >= 0.6 is 11.8 Å². The number of benzene rings is 2. The van der Waals surface area contributed by atoms with Crippen molar-refractivity contribution >= 4 is 28.4 Å². The molecule has 0 radical (unpaired) electrons. The summed E-state index contributed by atoms with van der Waals surface area (Å²) >= 11 is 1.81. The Morgan fingerprint density at radius 2 is 2.05 bits per heavy atom. The summed E-state index contributed by atoms with van der Waals surface area (Å²) in [4.78, 5) is 1.22. The van der Waals surface area contributed by atoms with E-state index < -0.39 is 0 Å². The molecule has 1 aromatic heterocycles. The number of hydrogen-bond donors (Lipinski definition) is 2. The van der Waals surface area contributed by atoms with Crippen LogP contribution in [0.1, 0.15) is 12.5 Å². The van der Waals surface area contributed by atoms with Gasteiger partial charge in [0.2, 0.25) is 0 Å². The van der Waals surface area contributed by atoms with Gasteiger partial charge in [-0.25, -0.2) is 0 Å². The zero-order valence-corrected chi connectivity index (χ0v) is 12.7. The first-order valence-corrected chi connectivity index (χ1v) is 7.95. The Balaban J connectivity index is 2.03. The number of fused-ring (bicyclic) bond motifs is 1. The summed E-state index contributed by atoms with van der Waals surface area (Å²) < 4.78 is 2.17. The van der Waals surface area contributed by atoms with E-state index in [9.17, 15) is 5.11 Å². The van der Waals surface area contributed by atoms with Gasteiger partial charge >= 0.3 is 0 Å². The smallest absolute Gasteiger partial charge is 0.115 e. The molecular weight excluding hydrogens is 280 g/mol. The second-order valence-corrected chi connectivity index (χ2v) is 6.30. The average molecular weight is 298 g/mol. The third-order valence-electron chi connectivity index (χ3n) is 3.44. The highest BCUT2D eigenvalue weighted by Crippen LogP contribution is 2.31. The summed E-state index contributed by atoms with van der Waals surface area (Å²) in [7, 11) is 0. The number of rotatable bonds is 4. The Labute approximate surface area is 128 Å². The minimum Gasteiger partial charge on any atom is -0.508 e. The van der Waals surface area contributed by atoms with Crippen LogP contribution in [0.15, 0.2) is 53.6 Å². The fourth-order valence-corrected chi connectivity index (χ4v) is 3.41. The van der Waals surface area contributed by atoms with Gasteiger partial charge in [-0.2, -0.15) is 0 Å². The second kappa shape index (κ2) is 5.74. The van der Waals surface area contributed by atoms with Gasteiger partial charge in [0.1, 0.15) is 5.75 Å². The van der Waals surface area contributed by atoms with Crippen LogP contribution in [0.5, 0.6) is 5.75 Å². The van der Waals surface area contributed by atoms with Gasteiger partial charge in [0.15, 0.2) is 0 Å². The number of thioether (sulfide) groups is 1. The number of aromatic hydroxyl groups is 1. The van der Waals surface area contributed by atoms with E-state index in [1.165, 1.54) is 10.3 Å². The Kier molecular flexibility index (Phi) is 3.80. The molecule has 0 amide bonds. The van der Waals surface area contributed by atoms with Crippen LogP contribution in [0.25, 0.3) is 10.9 Å². The fourth-order valence-electron chi connectivity index (χ4n) is 2.55. The quantitative estimate of drug-likeness (QED) is 0.563. The molecule has 0 spiro atoms. The monoisotopic (exact) mass is 298 g/mol. The standard InChI is InChI=1S/C17H18N2OS/c1-2-21-17-10-13(18)9-16-15(17)6-7-19(16)11-12-4-3-5-14(20)8-12/h3-10,20H,2,11,18H2,1H3. The highest BCUT2D eigenvalue weighted by Gasteiger charge is 2.08. The lowest BCUT2D eigenvalue weighted by Crippen LogP contribution is -1.98. The predicted molar refractivity (Wildman–Crippen MR) is 90.0 cm³/mol. The maximum atomic E-state index is 9.58.